The third-order valence-corrected chi connectivity index (χ3v) is 6.74. The molecule has 0 saturated heterocycles. The standard InChI is InChI=1S/C23H18ClN3O5S/c1-2-32-19-11-13-20(14-12-19)33(30,31)22-21(15-3-7-17(24)8-4-15)27(26-25-22)18-9-5-16(6-10-18)23(28)29/h3-14H,2H2,1H3,(H,28,29). The first-order valence-corrected chi connectivity index (χ1v) is 11.7. The molecule has 0 unspecified atom stereocenters. The Labute approximate surface area is 194 Å². The number of carboxylic acid groups (broad SMARTS) is 1. The molecule has 0 saturated carbocycles. The predicted octanol–water partition coefficient (Wildman–Crippen LogP) is 4.52. The summed E-state index contributed by atoms with van der Waals surface area (Å²) >= 11 is 6.02. The molecular formula is C23H18ClN3O5S. The molecule has 168 valence electrons. The van der Waals surface area contributed by atoms with E-state index in [4.69, 9.17) is 21.4 Å². The number of hydrogen-bond donors (Lipinski definition) is 1. The largest absolute Gasteiger partial charge is 0.494 e. The van der Waals surface area contributed by atoms with E-state index in [1.165, 1.54) is 41.1 Å². The first-order chi connectivity index (χ1) is 15.8. The molecule has 0 spiro atoms. The Morgan fingerprint density at radius 1 is 1.00 bits per heavy atom. The number of nitrogens with zero attached hydrogens (tertiary/aromatic N) is 3. The van der Waals surface area contributed by atoms with Crippen molar-refractivity contribution in [3.63, 3.8) is 0 Å². The van der Waals surface area contributed by atoms with Crippen molar-refractivity contribution in [3.05, 3.63) is 83.4 Å². The molecule has 0 fully saturated rings. The van der Waals surface area contributed by atoms with Gasteiger partial charge in [-0.15, -0.1) is 5.10 Å². The van der Waals surface area contributed by atoms with Crippen LogP contribution in [0.3, 0.4) is 0 Å². The van der Waals surface area contributed by atoms with Crippen molar-refractivity contribution in [1.29, 1.82) is 0 Å². The van der Waals surface area contributed by atoms with Gasteiger partial charge in [0.25, 0.3) is 0 Å². The third kappa shape index (κ3) is 4.46. The average molecular weight is 484 g/mol. The quantitative estimate of drug-likeness (QED) is 0.411. The minimum absolute atomic E-state index is 0.0365. The van der Waals surface area contributed by atoms with Gasteiger partial charge in [0.05, 0.1) is 22.8 Å². The third-order valence-electron chi connectivity index (χ3n) is 4.82. The maximum absolute atomic E-state index is 13.5. The summed E-state index contributed by atoms with van der Waals surface area (Å²) in [6.45, 7) is 2.30. The second kappa shape index (κ2) is 9.05. The smallest absolute Gasteiger partial charge is 0.335 e. The molecule has 0 aliphatic rings. The lowest BCUT2D eigenvalue weighted by Crippen LogP contribution is -2.06. The highest BCUT2D eigenvalue weighted by atomic mass is 35.5. The lowest BCUT2D eigenvalue weighted by molar-refractivity contribution is 0.0697. The van der Waals surface area contributed by atoms with Crippen molar-refractivity contribution in [3.8, 4) is 22.7 Å². The molecule has 4 rings (SSSR count). The van der Waals surface area contributed by atoms with Gasteiger partial charge >= 0.3 is 5.97 Å². The van der Waals surface area contributed by atoms with Gasteiger partial charge in [-0.25, -0.2) is 17.9 Å². The molecule has 0 aliphatic heterocycles. The Balaban J connectivity index is 1.88. The number of aromatic nitrogens is 3. The van der Waals surface area contributed by atoms with E-state index in [1.807, 2.05) is 6.92 Å². The maximum atomic E-state index is 13.5. The number of halogens is 1. The van der Waals surface area contributed by atoms with Crippen LogP contribution in [0, 0.1) is 0 Å². The molecule has 8 nitrogen and oxygen atoms in total. The zero-order chi connectivity index (χ0) is 23.6. The van der Waals surface area contributed by atoms with Gasteiger partial charge in [-0.05, 0) is 67.6 Å². The van der Waals surface area contributed by atoms with Crippen molar-refractivity contribution in [1.82, 2.24) is 15.0 Å². The van der Waals surface area contributed by atoms with Crippen LogP contribution in [0.25, 0.3) is 16.9 Å². The Morgan fingerprint density at radius 2 is 1.64 bits per heavy atom. The Morgan fingerprint density at radius 3 is 2.21 bits per heavy atom. The molecular weight excluding hydrogens is 466 g/mol. The molecule has 10 heteroatoms. The van der Waals surface area contributed by atoms with Gasteiger partial charge in [-0.3, -0.25) is 0 Å². The molecule has 1 N–H and O–H groups in total. The maximum Gasteiger partial charge on any atom is 0.335 e. The Hall–Kier alpha value is -3.69. The summed E-state index contributed by atoms with van der Waals surface area (Å²) in [6, 6.07) is 18.5. The summed E-state index contributed by atoms with van der Waals surface area (Å²) in [6.07, 6.45) is 0. The lowest BCUT2D eigenvalue weighted by Gasteiger charge is -2.10. The summed E-state index contributed by atoms with van der Waals surface area (Å²) in [5, 5.41) is 17.5. The number of carboxylic acids is 1. The van der Waals surface area contributed by atoms with Crippen molar-refractivity contribution in [2.45, 2.75) is 16.8 Å². The van der Waals surface area contributed by atoms with E-state index in [0.29, 0.717) is 28.6 Å². The molecule has 1 heterocycles. The zero-order valence-corrected chi connectivity index (χ0v) is 18.9. The monoisotopic (exact) mass is 483 g/mol. The molecule has 0 amide bonds. The highest BCUT2D eigenvalue weighted by Crippen LogP contribution is 2.33. The fourth-order valence-corrected chi connectivity index (χ4v) is 4.67. The van der Waals surface area contributed by atoms with Crippen molar-refractivity contribution in [2.24, 2.45) is 0 Å². The molecule has 0 radical (unpaired) electrons. The SMILES string of the molecule is CCOc1ccc(S(=O)(=O)c2nnn(-c3ccc(C(=O)O)cc3)c2-c2ccc(Cl)cc2)cc1. The van der Waals surface area contributed by atoms with Crippen molar-refractivity contribution < 1.29 is 23.1 Å². The van der Waals surface area contributed by atoms with Crippen LogP contribution < -0.4 is 4.74 Å². The molecule has 33 heavy (non-hydrogen) atoms. The normalized spacial score (nSPS) is 11.3. The number of rotatable bonds is 7. The molecule has 0 aliphatic carbocycles. The van der Waals surface area contributed by atoms with E-state index in [1.54, 1.807) is 36.4 Å². The van der Waals surface area contributed by atoms with Gasteiger partial charge in [0.15, 0.2) is 0 Å². The van der Waals surface area contributed by atoms with E-state index in [2.05, 4.69) is 10.3 Å². The van der Waals surface area contributed by atoms with Crippen molar-refractivity contribution >= 4 is 27.4 Å². The van der Waals surface area contributed by atoms with Crippen LogP contribution in [-0.4, -0.2) is 41.1 Å². The Kier molecular flexibility index (Phi) is 6.17. The second-order valence-corrected chi connectivity index (χ2v) is 9.22. The minimum atomic E-state index is -4.05. The molecule has 0 atom stereocenters. The fourth-order valence-electron chi connectivity index (χ4n) is 3.22. The summed E-state index contributed by atoms with van der Waals surface area (Å²) in [5.41, 5.74) is 1.29. The van der Waals surface area contributed by atoms with E-state index in [-0.39, 0.29) is 21.2 Å². The highest BCUT2D eigenvalue weighted by molar-refractivity contribution is 7.91. The highest BCUT2D eigenvalue weighted by Gasteiger charge is 2.29. The second-order valence-electron chi connectivity index (χ2n) is 6.92. The van der Waals surface area contributed by atoms with Gasteiger partial charge in [0, 0.05) is 10.6 Å². The van der Waals surface area contributed by atoms with Crippen molar-refractivity contribution in [2.75, 3.05) is 6.61 Å². The van der Waals surface area contributed by atoms with Gasteiger partial charge in [0.2, 0.25) is 14.9 Å². The average Bonchev–Trinajstić information content (AvgIpc) is 3.26. The zero-order valence-electron chi connectivity index (χ0n) is 17.3. The van der Waals surface area contributed by atoms with Crippen LogP contribution in [0.15, 0.2) is 82.7 Å². The van der Waals surface area contributed by atoms with Crippen LogP contribution in [0.4, 0.5) is 0 Å². The number of sulfone groups is 1. The summed E-state index contributed by atoms with van der Waals surface area (Å²) in [4.78, 5) is 11.2. The predicted molar refractivity (Wildman–Crippen MR) is 122 cm³/mol. The first-order valence-electron chi connectivity index (χ1n) is 9.84. The van der Waals surface area contributed by atoms with E-state index in [9.17, 15) is 13.2 Å². The minimum Gasteiger partial charge on any atom is -0.494 e. The van der Waals surface area contributed by atoms with Gasteiger partial charge in [-0.2, -0.15) is 0 Å². The Bertz CT molecular complexity index is 1400. The number of hydrogen-bond acceptors (Lipinski definition) is 6. The fraction of sp³-hybridized carbons (Fsp3) is 0.0870. The van der Waals surface area contributed by atoms with Gasteiger partial charge < -0.3 is 9.84 Å². The van der Waals surface area contributed by atoms with E-state index in [0.717, 1.165) is 0 Å². The van der Waals surface area contributed by atoms with Crippen LogP contribution >= 0.6 is 11.6 Å². The first kappa shape index (κ1) is 22.5. The number of benzene rings is 3. The van der Waals surface area contributed by atoms with Crippen LogP contribution in [-0.2, 0) is 9.84 Å². The topological polar surface area (TPSA) is 111 Å². The molecule has 3 aromatic carbocycles. The number of aromatic carboxylic acids is 1. The lowest BCUT2D eigenvalue weighted by atomic mass is 10.1. The number of carbonyl (C=O) groups is 1. The van der Waals surface area contributed by atoms with Gasteiger partial charge in [0.1, 0.15) is 11.4 Å². The van der Waals surface area contributed by atoms with E-state index >= 15 is 0 Å². The summed E-state index contributed by atoms with van der Waals surface area (Å²) in [5.74, 6) is -0.520. The summed E-state index contributed by atoms with van der Waals surface area (Å²) < 4.78 is 33.7. The van der Waals surface area contributed by atoms with Crippen LogP contribution in [0.5, 0.6) is 5.75 Å². The van der Waals surface area contributed by atoms with Gasteiger partial charge in [-0.1, -0.05) is 28.9 Å². The van der Waals surface area contributed by atoms with E-state index < -0.39 is 15.8 Å². The van der Waals surface area contributed by atoms with Crippen LogP contribution in [0.1, 0.15) is 17.3 Å². The van der Waals surface area contributed by atoms with Crippen LogP contribution in [0.2, 0.25) is 5.02 Å². The number of ether oxygens (including phenoxy) is 1. The molecule has 1 aromatic heterocycles. The molecule has 4 aromatic rings. The summed E-state index contributed by atoms with van der Waals surface area (Å²) in [7, 11) is -4.05. The molecule has 0 bridgehead atoms.